The quantitative estimate of drug-likeness (QED) is 0.310. The van der Waals surface area contributed by atoms with Gasteiger partial charge in [-0.2, -0.15) is 0 Å². The maximum absolute atomic E-state index is 11.8. The molecule has 2 aromatic heterocycles. The number of methoxy groups -OCH3 is 1. The van der Waals surface area contributed by atoms with Crippen molar-refractivity contribution < 1.29 is 13.9 Å². The molecule has 0 radical (unpaired) electrons. The Morgan fingerprint density at radius 3 is 2.76 bits per heavy atom. The van der Waals surface area contributed by atoms with Gasteiger partial charge >= 0.3 is 5.97 Å². The van der Waals surface area contributed by atoms with Crippen molar-refractivity contribution in [2.45, 2.75) is 10.9 Å². The first kappa shape index (κ1) is 19.3. The van der Waals surface area contributed by atoms with Gasteiger partial charge in [-0.1, -0.05) is 41.6 Å². The zero-order chi connectivity index (χ0) is 20.2. The first-order valence-corrected chi connectivity index (χ1v) is 10.1. The van der Waals surface area contributed by atoms with Gasteiger partial charge in [0.25, 0.3) is 0 Å². The average Bonchev–Trinajstić information content (AvgIpc) is 3.41. The van der Waals surface area contributed by atoms with Crippen molar-refractivity contribution in [3.8, 4) is 17.3 Å². The Balaban J connectivity index is 1.67. The van der Waals surface area contributed by atoms with Crippen LogP contribution < -0.4 is 0 Å². The summed E-state index contributed by atoms with van der Waals surface area (Å²) in [6.07, 6.45) is 1.59. The molecule has 0 amide bonds. The Bertz CT molecular complexity index is 1140. The number of furan rings is 1. The fourth-order valence-corrected chi connectivity index (χ4v) is 3.91. The van der Waals surface area contributed by atoms with Gasteiger partial charge < -0.3 is 9.15 Å². The third kappa shape index (κ3) is 4.21. The maximum atomic E-state index is 11.8. The normalized spacial score (nSPS) is 10.8. The van der Waals surface area contributed by atoms with Crippen molar-refractivity contribution in [1.82, 2.24) is 14.8 Å². The fraction of sp³-hybridized carbons (Fsp3) is 0.0952. The average molecular weight is 426 g/mol. The zero-order valence-electron chi connectivity index (χ0n) is 15.4. The second-order valence-corrected chi connectivity index (χ2v) is 7.46. The number of nitrogens with zero attached hydrogens (tertiary/aromatic N) is 3. The van der Waals surface area contributed by atoms with E-state index in [1.807, 2.05) is 53.1 Å². The van der Waals surface area contributed by atoms with Crippen LogP contribution in [0.2, 0.25) is 5.02 Å². The topological polar surface area (TPSA) is 70.2 Å². The number of benzene rings is 2. The number of carbonyl (C=O) groups is 1. The maximum Gasteiger partial charge on any atom is 0.337 e. The van der Waals surface area contributed by atoms with Gasteiger partial charge in [0.1, 0.15) is 0 Å². The Hall–Kier alpha value is -3.03. The summed E-state index contributed by atoms with van der Waals surface area (Å²) in [5, 5.41) is 9.96. The number of esters is 1. The van der Waals surface area contributed by atoms with Crippen LogP contribution in [0, 0.1) is 0 Å². The van der Waals surface area contributed by atoms with Gasteiger partial charge in [0.15, 0.2) is 10.9 Å². The number of halogens is 1. The third-order valence-corrected chi connectivity index (χ3v) is 5.39. The van der Waals surface area contributed by atoms with Gasteiger partial charge in [-0.25, -0.2) is 4.79 Å². The Morgan fingerprint density at radius 2 is 2.00 bits per heavy atom. The first-order chi connectivity index (χ1) is 14.2. The van der Waals surface area contributed by atoms with Crippen LogP contribution in [0.15, 0.2) is 76.5 Å². The van der Waals surface area contributed by atoms with E-state index in [-0.39, 0.29) is 5.97 Å². The summed E-state index contributed by atoms with van der Waals surface area (Å²) in [5.41, 5.74) is 2.32. The molecule has 2 aromatic carbocycles. The van der Waals surface area contributed by atoms with Crippen molar-refractivity contribution >= 4 is 29.3 Å². The van der Waals surface area contributed by atoms with Crippen molar-refractivity contribution in [2.24, 2.45) is 0 Å². The molecule has 146 valence electrons. The lowest BCUT2D eigenvalue weighted by atomic mass is 10.1. The molecule has 4 rings (SSSR count). The van der Waals surface area contributed by atoms with E-state index in [1.54, 1.807) is 18.4 Å². The monoisotopic (exact) mass is 425 g/mol. The molecule has 0 aliphatic rings. The van der Waals surface area contributed by atoms with Crippen molar-refractivity contribution in [3.05, 3.63) is 83.1 Å². The molecule has 8 heteroatoms. The summed E-state index contributed by atoms with van der Waals surface area (Å²) < 4.78 is 12.2. The second-order valence-electron chi connectivity index (χ2n) is 6.08. The largest absolute Gasteiger partial charge is 0.465 e. The van der Waals surface area contributed by atoms with Crippen LogP contribution in [-0.4, -0.2) is 27.8 Å². The number of aromatic nitrogens is 3. The molecule has 0 N–H and O–H groups in total. The molecule has 6 nitrogen and oxygen atoms in total. The highest BCUT2D eigenvalue weighted by Crippen LogP contribution is 2.31. The molecule has 0 aliphatic heterocycles. The molecule has 29 heavy (non-hydrogen) atoms. The van der Waals surface area contributed by atoms with Crippen LogP contribution in [0.3, 0.4) is 0 Å². The van der Waals surface area contributed by atoms with E-state index in [0.717, 1.165) is 11.3 Å². The van der Waals surface area contributed by atoms with Crippen LogP contribution in [0.1, 0.15) is 15.9 Å². The molecule has 4 aromatic rings. The summed E-state index contributed by atoms with van der Waals surface area (Å²) in [6, 6.07) is 18.4. The minimum absolute atomic E-state index is 0.362. The highest BCUT2D eigenvalue weighted by atomic mass is 35.5. The molecule has 0 bridgehead atoms. The van der Waals surface area contributed by atoms with E-state index in [1.165, 1.54) is 18.9 Å². The lowest BCUT2D eigenvalue weighted by molar-refractivity contribution is 0.0600. The molecule has 0 fully saturated rings. The van der Waals surface area contributed by atoms with Gasteiger partial charge in [-0.05, 0) is 48.0 Å². The van der Waals surface area contributed by atoms with Crippen LogP contribution in [0.4, 0.5) is 0 Å². The van der Waals surface area contributed by atoms with E-state index in [2.05, 4.69) is 10.2 Å². The molecule has 0 spiro atoms. The van der Waals surface area contributed by atoms with Crippen LogP contribution in [0.25, 0.3) is 17.3 Å². The van der Waals surface area contributed by atoms with E-state index in [9.17, 15) is 4.79 Å². The van der Waals surface area contributed by atoms with Gasteiger partial charge in [-0.15, -0.1) is 10.2 Å². The van der Waals surface area contributed by atoms with Crippen molar-refractivity contribution in [1.29, 1.82) is 0 Å². The van der Waals surface area contributed by atoms with Crippen molar-refractivity contribution in [3.63, 3.8) is 0 Å². The van der Waals surface area contributed by atoms with Crippen LogP contribution in [0.5, 0.6) is 0 Å². The molecule has 2 heterocycles. The molecule has 0 saturated heterocycles. The molecular formula is C21H16ClN3O3S. The minimum Gasteiger partial charge on any atom is -0.465 e. The highest BCUT2D eigenvalue weighted by Gasteiger charge is 2.18. The highest BCUT2D eigenvalue weighted by molar-refractivity contribution is 7.98. The molecule has 0 aliphatic carbocycles. The number of hydrogen-bond donors (Lipinski definition) is 0. The van der Waals surface area contributed by atoms with Gasteiger partial charge in [0.05, 0.1) is 24.6 Å². The zero-order valence-corrected chi connectivity index (χ0v) is 17.0. The van der Waals surface area contributed by atoms with E-state index >= 15 is 0 Å². The molecule has 0 unspecified atom stereocenters. The van der Waals surface area contributed by atoms with E-state index in [0.29, 0.717) is 33.1 Å². The summed E-state index contributed by atoms with van der Waals surface area (Å²) >= 11 is 7.70. The van der Waals surface area contributed by atoms with Gasteiger partial charge in [0, 0.05) is 10.8 Å². The smallest absolute Gasteiger partial charge is 0.337 e. The number of thioether (sulfide) groups is 1. The van der Waals surface area contributed by atoms with E-state index in [4.69, 9.17) is 20.8 Å². The van der Waals surface area contributed by atoms with Gasteiger partial charge in [-0.3, -0.25) is 4.57 Å². The molecule has 0 saturated carbocycles. The Kier molecular flexibility index (Phi) is 5.69. The SMILES string of the molecule is COC(=O)c1cccc(CSc2nnc(-c3ccco3)n2-c2cccc(Cl)c2)c1. The van der Waals surface area contributed by atoms with E-state index < -0.39 is 0 Å². The second kappa shape index (κ2) is 8.55. The predicted molar refractivity (Wildman–Crippen MR) is 111 cm³/mol. The minimum atomic E-state index is -0.362. The number of ether oxygens (including phenoxy) is 1. The lowest BCUT2D eigenvalue weighted by Crippen LogP contribution is -2.02. The van der Waals surface area contributed by atoms with Crippen LogP contribution in [-0.2, 0) is 10.5 Å². The summed E-state index contributed by atoms with van der Waals surface area (Å²) in [7, 11) is 1.37. The predicted octanol–water partition coefficient (Wildman–Crippen LogP) is 5.26. The summed E-state index contributed by atoms with van der Waals surface area (Å²) in [5.74, 6) is 1.43. The third-order valence-electron chi connectivity index (χ3n) is 4.16. The summed E-state index contributed by atoms with van der Waals surface area (Å²) in [6.45, 7) is 0. The molecular weight excluding hydrogens is 410 g/mol. The first-order valence-electron chi connectivity index (χ1n) is 8.71. The Labute approximate surface area is 176 Å². The number of carbonyl (C=O) groups excluding carboxylic acids is 1. The number of rotatable bonds is 6. The summed E-state index contributed by atoms with van der Waals surface area (Å²) in [4.78, 5) is 11.8. The van der Waals surface area contributed by atoms with Crippen molar-refractivity contribution in [2.75, 3.05) is 7.11 Å². The molecule has 0 atom stereocenters. The van der Waals surface area contributed by atoms with Crippen LogP contribution >= 0.6 is 23.4 Å². The standard InChI is InChI=1S/C21H16ClN3O3S/c1-27-20(26)15-6-2-5-14(11-15)13-29-21-24-23-19(18-9-4-10-28-18)25(21)17-8-3-7-16(22)12-17/h2-12H,13H2,1H3. The number of hydrogen-bond acceptors (Lipinski definition) is 6. The van der Waals surface area contributed by atoms with Gasteiger partial charge in [0.2, 0.25) is 5.82 Å². The lowest BCUT2D eigenvalue weighted by Gasteiger charge is -2.10. The fourth-order valence-electron chi connectivity index (χ4n) is 2.83. The Morgan fingerprint density at radius 1 is 1.14 bits per heavy atom.